The van der Waals surface area contributed by atoms with Crippen LogP contribution in [-0.2, 0) is 17.8 Å². The number of nitrogens with zero attached hydrogens (tertiary/aromatic N) is 2. The van der Waals surface area contributed by atoms with Crippen LogP contribution < -0.4 is 15.5 Å². The number of nitrogens with one attached hydrogen (secondary N) is 2. The summed E-state index contributed by atoms with van der Waals surface area (Å²) >= 11 is 0. The number of aliphatic imine (C=N–C) groups is 1. The first-order chi connectivity index (χ1) is 13.7. The third-order valence-corrected chi connectivity index (χ3v) is 4.55. The molecule has 0 aliphatic carbocycles. The Morgan fingerprint density at radius 3 is 2.64 bits per heavy atom. The van der Waals surface area contributed by atoms with Crippen LogP contribution in [0.2, 0.25) is 0 Å². The Morgan fingerprint density at radius 2 is 1.86 bits per heavy atom. The number of guanidine groups is 1. The van der Waals surface area contributed by atoms with Gasteiger partial charge in [0.2, 0.25) is 0 Å². The van der Waals surface area contributed by atoms with E-state index in [2.05, 4.69) is 32.7 Å². The van der Waals surface area contributed by atoms with Crippen LogP contribution in [0, 0.1) is 11.6 Å². The molecule has 0 atom stereocenters. The monoisotopic (exact) mass is 388 g/mol. The maximum Gasteiger partial charge on any atom is 0.191 e. The Hall–Kier alpha value is -2.67. The van der Waals surface area contributed by atoms with Gasteiger partial charge in [0.1, 0.15) is 11.6 Å². The maximum atomic E-state index is 13.8. The largest absolute Gasteiger partial charge is 0.378 e. The van der Waals surface area contributed by atoms with Gasteiger partial charge in [0.05, 0.1) is 19.8 Å². The first-order valence-corrected chi connectivity index (χ1v) is 9.54. The molecular formula is C21H26F2N4O. The van der Waals surface area contributed by atoms with Gasteiger partial charge >= 0.3 is 0 Å². The van der Waals surface area contributed by atoms with Crippen LogP contribution in [0.15, 0.2) is 47.5 Å². The van der Waals surface area contributed by atoms with Crippen molar-refractivity contribution >= 4 is 11.6 Å². The summed E-state index contributed by atoms with van der Waals surface area (Å²) < 4.78 is 32.6. The summed E-state index contributed by atoms with van der Waals surface area (Å²) in [6, 6.07) is 11.6. The van der Waals surface area contributed by atoms with E-state index >= 15 is 0 Å². The summed E-state index contributed by atoms with van der Waals surface area (Å²) in [5.74, 6) is -0.370. The fourth-order valence-corrected chi connectivity index (χ4v) is 3.12. The number of ether oxygens (including phenoxy) is 1. The predicted octanol–water partition coefficient (Wildman–Crippen LogP) is 3.06. The van der Waals surface area contributed by atoms with Gasteiger partial charge in [0.15, 0.2) is 5.96 Å². The van der Waals surface area contributed by atoms with E-state index in [1.165, 1.54) is 11.8 Å². The zero-order valence-corrected chi connectivity index (χ0v) is 16.0. The Balaban J connectivity index is 1.69. The first-order valence-electron chi connectivity index (χ1n) is 9.54. The zero-order chi connectivity index (χ0) is 19.8. The lowest BCUT2D eigenvalue weighted by Gasteiger charge is -2.30. The van der Waals surface area contributed by atoms with Crippen molar-refractivity contribution in [1.29, 1.82) is 0 Å². The third kappa shape index (κ3) is 5.42. The molecular weight excluding hydrogens is 362 g/mol. The van der Waals surface area contributed by atoms with Gasteiger partial charge in [-0.25, -0.2) is 13.8 Å². The second-order valence-electron chi connectivity index (χ2n) is 6.51. The molecule has 0 spiro atoms. The maximum absolute atomic E-state index is 13.8. The molecule has 5 nitrogen and oxygen atoms in total. The van der Waals surface area contributed by atoms with Gasteiger partial charge in [0.25, 0.3) is 0 Å². The molecule has 0 unspecified atom stereocenters. The molecule has 1 heterocycles. The highest BCUT2D eigenvalue weighted by atomic mass is 19.1. The van der Waals surface area contributed by atoms with Crippen LogP contribution in [0.25, 0.3) is 0 Å². The van der Waals surface area contributed by atoms with E-state index in [1.54, 1.807) is 0 Å². The highest BCUT2D eigenvalue weighted by molar-refractivity contribution is 5.80. The highest BCUT2D eigenvalue weighted by Crippen LogP contribution is 2.21. The molecule has 2 aromatic carbocycles. The second kappa shape index (κ2) is 10.0. The Labute approximate surface area is 164 Å². The zero-order valence-electron chi connectivity index (χ0n) is 16.0. The van der Waals surface area contributed by atoms with Gasteiger partial charge in [-0.05, 0) is 36.8 Å². The normalized spacial score (nSPS) is 14.8. The molecule has 1 aliphatic heterocycles. The molecule has 1 saturated heterocycles. The molecule has 1 fully saturated rings. The number of para-hydroxylation sites is 1. The van der Waals surface area contributed by atoms with Crippen LogP contribution in [0.5, 0.6) is 0 Å². The molecule has 7 heteroatoms. The lowest BCUT2D eigenvalue weighted by molar-refractivity contribution is 0.122. The van der Waals surface area contributed by atoms with E-state index in [1.807, 2.05) is 19.1 Å². The van der Waals surface area contributed by atoms with Crippen LogP contribution in [-0.4, -0.2) is 38.8 Å². The smallest absolute Gasteiger partial charge is 0.191 e. The molecule has 0 amide bonds. The van der Waals surface area contributed by atoms with Gasteiger partial charge in [0, 0.05) is 37.4 Å². The second-order valence-corrected chi connectivity index (χ2v) is 6.51. The summed E-state index contributed by atoms with van der Waals surface area (Å²) in [6.07, 6.45) is 0. The van der Waals surface area contributed by atoms with Gasteiger partial charge < -0.3 is 20.3 Å². The standard InChI is InChI=1S/C21H26F2N4O/c1-2-24-21(26-15-17-13-18(22)7-8-19(17)23)25-14-16-5-3-4-6-20(16)27-9-11-28-12-10-27/h3-8,13H,2,9-12,14-15H2,1H3,(H2,24,25,26). The van der Waals surface area contributed by atoms with Crippen molar-refractivity contribution in [3.63, 3.8) is 0 Å². The van der Waals surface area contributed by atoms with E-state index in [-0.39, 0.29) is 12.1 Å². The predicted molar refractivity (Wildman–Crippen MR) is 107 cm³/mol. The summed E-state index contributed by atoms with van der Waals surface area (Å²) in [7, 11) is 0. The lowest BCUT2D eigenvalue weighted by Crippen LogP contribution is -2.39. The van der Waals surface area contributed by atoms with Crippen molar-refractivity contribution in [1.82, 2.24) is 10.6 Å². The number of hydrogen-bond donors (Lipinski definition) is 2. The molecule has 2 N–H and O–H groups in total. The molecule has 2 aromatic rings. The average molecular weight is 388 g/mol. The number of anilines is 1. The number of hydrogen-bond acceptors (Lipinski definition) is 3. The summed E-state index contributed by atoms with van der Waals surface area (Å²) in [4.78, 5) is 6.71. The van der Waals surface area contributed by atoms with Gasteiger partial charge in [-0.1, -0.05) is 18.2 Å². The third-order valence-electron chi connectivity index (χ3n) is 4.55. The first kappa shape index (κ1) is 20.1. The van der Waals surface area contributed by atoms with E-state index in [0.717, 1.165) is 44.0 Å². The average Bonchev–Trinajstić information content (AvgIpc) is 2.73. The van der Waals surface area contributed by atoms with E-state index in [9.17, 15) is 8.78 Å². The number of benzene rings is 2. The minimum Gasteiger partial charge on any atom is -0.378 e. The van der Waals surface area contributed by atoms with Crippen LogP contribution >= 0.6 is 0 Å². The molecule has 1 aliphatic rings. The quantitative estimate of drug-likeness (QED) is 0.590. The Morgan fingerprint density at radius 1 is 1.07 bits per heavy atom. The molecule has 0 radical (unpaired) electrons. The van der Waals surface area contributed by atoms with Crippen molar-refractivity contribution in [2.24, 2.45) is 4.99 Å². The van der Waals surface area contributed by atoms with E-state index < -0.39 is 11.6 Å². The molecule has 150 valence electrons. The molecule has 0 saturated carbocycles. The minimum absolute atomic E-state index is 0.0596. The molecule has 28 heavy (non-hydrogen) atoms. The lowest BCUT2D eigenvalue weighted by atomic mass is 10.1. The summed E-state index contributed by atoms with van der Waals surface area (Å²) in [5.41, 5.74) is 2.54. The number of halogens is 2. The van der Waals surface area contributed by atoms with E-state index in [0.29, 0.717) is 19.0 Å². The van der Waals surface area contributed by atoms with Crippen molar-refractivity contribution < 1.29 is 13.5 Å². The Kier molecular flexibility index (Phi) is 7.19. The molecule has 0 bridgehead atoms. The van der Waals surface area contributed by atoms with Crippen LogP contribution in [0.3, 0.4) is 0 Å². The summed E-state index contributed by atoms with van der Waals surface area (Å²) in [6.45, 7) is 6.45. The SMILES string of the molecule is CCNC(=NCc1cc(F)ccc1F)NCc1ccccc1N1CCOCC1. The van der Waals surface area contributed by atoms with Crippen molar-refractivity contribution in [3.05, 3.63) is 65.2 Å². The van der Waals surface area contributed by atoms with Gasteiger partial charge in [-0.3, -0.25) is 0 Å². The summed E-state index contributed by atoms with van der Waals surface area (Å²) in [5, 5.41) is 6.43. The van der Waals surface area contributed by atoms with Gasteiger partial charge in [-0.15, -0.1) is 0 Å². The number of rotatable bonds is 6. The Bertz CT molecular complexity index is 807. The number of morpholine rings is 1. The van der Waals surface area contributed by atoms with Crippen LogP contribution in [0.4, 0.5) is 14.5 Å². The molecule has 0 aromatic heterocycles. The van der Waals surface area contributed by atoms with E-state index in [4.69, 9.17) is 4.74 Å². The van der Waals surface area contributed by atoms with Crippen LogP contribution in [0.1, 0.15) is 18.1 Å². The van der Waals surface area contributed by atoms with Crippen molar-refractivity contribution in [2.45, 2.75) is 20.0 Å². The minimum atomic E-state index is -0.469. The fourth-order valence-electron chi connectivity index (χ4n) is 3.12. The highest BCUT2D eigenvalue weighted by Gasteiger charge is 2.14. The van der Waals surface area contributed by atoms with Crippen molar-refractivity contribution in [2.75, 3.05) is 37.7 Å². The molecule has 3 rings (SSSR count). The van der Waals surface area contributed by atoms with Gasteiger partial charge in [-0.2, -0.15) is 0 Å². The topological polar surface area (TPSA) is 48.9 Å². The fraction of sp³-hybridized carbons (Fsp3) is 0.381. The van der Waals surface area contributed by atoms with Crippen molar-refractivity contribution in [3.8, 4) is 0 Å².